The molecule has 1 aliphatic rings. The number of likely N-dealkylation sites (tertiary alicyclic amines) is 1. The van der Waals surface area contributed by atoms with Crippen LogP contribution in [0.2, 0.25) is 0 Å². The number of para-hydroxylation sites is 1. The third-order valence-corrected chi connectivity index (χ3v) is 4.27. The van der Waals surface area contributed by atoms with E-state index in [0.29, 0.717) is 11.3 Å². The number of nitrogens with zero attached hydrogens (tertiary/aromatic N) is 2. The molecule has 1 aliphatic heterocycles. The summed E-state index contributed by atoms with van der Waals surface area (Å²) in [6.07, 6.45) is 3.78. The van der Waals surface area contributed by atoms with Crippen LogP contribution in [0.15, 0.2) is 34.9 Å². The zero-order valence-electron chi connectivity index (χ0n) is 13.6. The molecule has 5 nitrogen and oxygen atoms in total. The van der Waals surface area contributed by atoms with Crippen molar-refractivity contribution in [2.75, 3.05) is 13.7 Å². The second-order valence-electron chi connectivity index (χ2n) is 5.82. The molecule has 5 heteroatoms. The Morgan fingerprint density at radius 3 is 3.04 bits per heavy atom. The molecule has 0 unspecified atom stereocenters. The maximum absolute atomic E-state index is 12.9. The van der Waals surface area contributed by atoms with E-state index in [2.05, 4.69) is 12.1 Å². The highest BCUT2D eigenvalue weighted by molar-refractivity contribution is 5.97. The fourth-order valence-corrected chi connectivity index (χ4v) is 3.14. The highest BCUT2D eigenvalue weighted by Crippen LogP contribution is 2.34. The topological polar surface area (TPSA) is 55.6 Å². The Morgan fingerprint density at radius 1 is 1.43 bits per heavy atom. The number of carbonyl (C=O) groups is 1. The van der Waals surface area contributed by atoms with Crippen LogP contribution in [-0.2, 0) is 6.42 Å². The summed E-state index contributed by atoms with van der Waals surface area (Å²) in [5.74, 6) is 1.49. The van der Waals surface area contributed by atoms with Crippen LogP contribution in [-0.4, -0.2) is 29.6 Å². The van der Waals surface area contributed by atoms with Gasteiger partial charge >= 0.3 is 0 Å². The maximum atomic E-state index is 12.9. The van der Waals surface area contributed by atoms with Gasteiger partial charge in [-0.15, -0.1) is 0 Å². The lowest BCUT2D eigenvalue weighted by molar-refractivity contribution is 0.0727. The van der Waals surface area contributed by atoms with E-state index in [1.165, 1.54) is 0 Å². The number of ether oxygens (including phenoxy) is 1. The summed E-state index contributed by atoms with van der Waals surface area (Å²) in [7, 11) is 1.59. The first-order chi connectivity index (χ1) is 11.2. The van der Waals surface area contributed by atoms with Gasteiger partial charge in [-0.1, -0.05) is 24.2 Å². The van der Waals surface area contributed by atoms with Gasteiger partial charge in [0.25, 0.3) is 5.91 Å². The summed E-state index contributed by atoms with van der Waals surface area (Å²) < 4.78 is 10.7. The lowest BCUT2D eigenvalue weighted by Gasteiger charge is -2.23. The van der Waals surface area contributed by atoms with E-state index in [0.717, 1.165) is 43.7 Å². The monoisotopic (exact) mass is 314 g/mol. The van der Waals surface area contributed by atoms with Crippen molar-refractivity contribution in [3.8, 4) is 5.75 Å². The normalized spacial score (nSPS) is 17.5. The van der Waals surface area contributed by atoms with Crippen LogP contribution in [0, 0.1) is 0 Å². The number of aromatic nitrogens is 1. The second-order valence-corrected chi connectivity index (χ2v) is 5.82. The molecule has 0 saturated carbocycles. The summed E-state index contributed by atoms with van der Waals surface area (Å²) in [6, 6.07) is 9.32. The van der Waals surface area contributed by atoms with Crippen LogP contribution in [0.1, 0.15) is 54.0 Å². The van der Waals surface area contributed by atoms with Crippen molar-refractivity contribution in [2.45, 2.75) is 38.6 Å². The SMILES string of the molecule is CCCc1cc([C@@H]2CCCN2C(=O)c2ccccc2OC)no1. The first kappa shape index (κ1) is 15.6. The van der Waals surface area contributed by atoms with Gasteiger partial charge in [-0.25, -0.2) is 0 Å². The van der Waals surface area contributed by atoms with E-state index in [9.17, 15) is 4.79 Å². The smallest absolute Gasteiger partial charge is 0.258 e. The number of carbonyl (C=O) groups excluding carboxylic acids is 1. The van der Waals surface area contributed by atoms with Gasteiger partial charge in [-0.2, -0.15) is 0 Å². The summed E-state index contributed by atoms with van der Waals surface area (Å²) >= 11 is 0. The lowest BCUT2D eigenvalue weighted by Crippen LogP contribution is -2.31. The van der Waals surface area contributed by atoms with Gasteiger partial charge in [0.1, 0.15) is 17.2 Å². The van der Waals surface area contributed by atoms with E-state index in [1.807, 2.05) is 35.2 Å². The predicted octanol–water partition coefficient (Wildman–Crippen LogP) is 3.61. The first-order valence-electron chi connectivity index (χ1n) is 8.14. The van der Waals surface area contributed by atoms with Gasteiger partial charge in [-0.05, 0) is 31.4 Å². The summed E-state index contributed by atoms with van der Waals surface area (Å²) in [4.78, 5) is 14.8. The third kappa shape index (κ3) is 3.09. The largest absolute Gasteiger partial charge is 0.496 e. The molecule has 2 heterocycles. The summed E-state index contributed by atoms with van der Waals surface area (Å²) in [6.45, 7) is 2.84. The van der Waals surface area contributed by atoms with Gasteiger partial charge in [0.2, 0.25) is 0 Å². The minimum absolute atomic E-state index is 0.00927. The molecule has 122 valence electrons. The Morgan fingerprint density at radius 2 is 2.26 bits per heavy atom. The van der Waals surface area contributed by atoms with Crippen LogP contribution in [0.5, 0.6) is 5.75 Å². The Kier molecular flexibility index (Phi) is 4.65. The van der Waals surface area contributed by atoms with Gasteiger partial charge in [-0.3, -0.25) is 4.79 Å². The minimum Gasteiger partial charge on any atom is -0.496 e. The Labute approximate surface area is 136 Å². The number of benzene rings is 1. The van der Waals surface area contributed by atoms with Crippen LogP contribution >= 0.6 is 0 Å². The molecule has 1 aromatic carbocycles. The van der Waals surface area contributed by atoms with E-state index in [-0.39, 0.29) is 11.9 Å². The van der Waals surface area contributed by atoms with Gasteiger partial charge in [0, 0.05) is 19.0 Å². The van der Waals surface area contributed by atoms with E-state index in [4.69, 9.17) is 9.26 Å². The molecular formula is C18H22N2O3. The van der Waals surface area contributed by atoms with Crippen molar-refractivity contribution >= 4 is 5.91 Å². The lowest BCUT2D eigenvalue weighted by atomic mass is 10.1. The van der Waals surface area contributed by atoms with Gasteiger partial charge in [0.05, 0.1) is 18.7 Å². The van der Waals surface area contributed by atoms with E-state index in [1.54, 1.807) is 7.11 Å². The van der Waals surface area contributed by atoms with Gasteiger partial charge < -0.3 is 14.2 Å². The predicted molar refractivity (Wildman–Crippen MR) is 86.5 cm³/mol. The number of amides is 1. The highest BCUT2D eigenvalue weighted by atomic mass is 16.5. The van der Waals surface area contributed by atoms with Crippen molar-refractivity contribution in [2.24, 2.45) is 0 Å². The molecular weight excluding hydrogens is 292 g/mol. The van der Waals surface area contributed by atoms with Crippen LogP contribution in [0.4, 0.5) is 0 Å². The molecule has 1 amide bonds. The Hall–Kier alpha value is -2.30. The summed E-state index contributed by atoms with van der Waals surface area (Å²) in [5.41, 5.74) is 1.45. The van der Waals surface area contributed by atoms with E-state index >= 15 is 0 Å². The second kappa shape index (κ2) is 6.86. The number of aryl methyl sites for hydroxylation is 1. The number of hydrogen-bond acceptors (Lipinski definition) is 4. The molecule has 1 saturated heterocycles. The quantitative estimate of drug-likeness (QED) is 0.846. The van der Waals surface area contributed by atoms with Crippen LogP contribution in [0.25, 0.3) is 0 Å². The molecule has 1 fully saturated rings. The van der Waals surface area contributed by atoms with Crippen molar-refractivity contribution in [1.82, 2.24) is 10.1 Å². The molecule has 0 radical (unpaired) electrons. The van der Waals surface area contributed by atoms with Crippen LogP contribution < -0.4 is 4.74 Å². The van der Waals surface area contributed by atoms with Crippen molar-refractivity contribution < 1.29 is 14.1 Å². The van der Waals surface area contributed by atoms with Crippen molar-refractivity contribution in [3.63, 3.8) is 0 Å². The van der Waals surface area contributed by atoms with E-state index < -0.39 is 0 Å². The Bertz CT molecular complexity index is 680. The molecule has 0 bridgehead atoms. The fourth-order valence-electron chi connectivity index (χ4n) is 3.14. The Balaban J connectivity index is 1.84. The average molecular weight is 314 g/mol. The third-order valence-electron chi connectivity index (χ3n) is 4.27. The summed E-state index contributed by atoms with van der Waals surface area (Å²) in [5, 5.41) is 4.19. The fraction of sp³-hybridized carbons (Fsp3) is 0.444. The number of rotatable bonds is 5. The molecule has 0 aliphatic carbocycles. The van der Waals surface area contributed by atoms with Crippen LogP contribution in [0.3, 0.4) is 0 Å². The zero-order chi connectivity index (χ0) is 16.2. The minimum atomic E-state index is -0.0123. The zero-order valence-corrected chi connectivity index (χ0v) is 13.6. The van der Waals surface area contributed by atoms with Crippen molar-refractivity contribution in [3.05, 3.63) is 47.3 Å². The molecule has 1 aromatic heterocycles. The molecule has 2 aromatic rings. The molecule has 3 rings (SSSR count). The standard InChI is InChI=1S/C18H22N2O3/c1-3-7-13-12-15(19-23-13)16-9-6-11-20(16)18(21)14-8-4-5-10-17(14)22-2/h4-5,8,10,12,16H,3,6-7,9,11H2,1-2H3/t16-/m0/s1. The molecule has 1 atom stereocenters. The number of methoxy groups -OCH3 is 1. The van der Waals surface area contributed by atoms with Crippen molar-refractivity contribution in [1.29, 1.82) is 0 Å². The first-order valence-corrected chi connectivity index (χ1v) is 8.14. The molecule has 23 heavy (non-hydrogen) atoms. The number of hydrogen-bond donors (Lipinski definition) is 0. The average Bonchev–Trinajstić information content (AvgIpc) is 3.23. The van der Waals surface area contributed by atoms with Gasteiger partial charge in [0.15, 0.2) is 0 Å². The highest BCUT2D eigenvalue weighted by Gasteiger charge is 2.33. The maximum Gasteiger partial charge on any atom is 0.258 e. The molecule has 0 spiro atoms. The molecule has 0 N–H and O–H groups in total.